The number of carbonyl (C=O) groups excluding carboxylic acids is 1. The van der Waals surface area contributed by atoms with Gasteiger partial charge in [0, 0.05) is 31.7 Å². The van der Waals surface area contributed by atoms with Gasteiger partial charge < -0.3 is 14.7 Å². The number of ether oxygens (including phenoxy) is 1. The number of aromatic nitrogens is 3. The quantitative estimate of drug-likeness (QED) is 0.844. The lowest BCUT2D eigenvalue weighted by Gasteiger charge is -2.36. The van der Waals surface area contributed by atoms with Crippen molar-refractivity contribution in [1.29, 1.82) is 0 Å². The second kappa shape index (κ2) is 7.77. The molecule has 0 bridgehead atoms. The molecule has 0 radical (unpaired) electrons. The molecule has 2 aromatic heterocycles. The molecule has 1 amide bonds. The minimum atomic E-state index is -0.824. The highest BCUT2D eigenvalue weighted by Gasteiger charge is 2.32. The Kier molecular flexibility index (Phi) is 5.58. The molecule has 8 nitrogen and oxygen atoms in total. The van der Waals surface area contributed by atoms with Crippen LogP contribution in [0.25, 0.3) is 11.0 Å². The van der Waals surface area contributed by atoms with Crippen molar-refractivity contribution in [2.45, 2.75) is 52.5 Å². The van der Waals surface area contributed by atoms with Gasteiger partial charge in [0.15, 0.2) is 5.65 Å². The Bertz CT molecular complexity index is 921. The molecular formula is C20H28N4O4. The highest BCUT2D eigenvalue weighted by molar-refractivity contribution is 5.86. The molecular weight excluding hydrogens is 360 g/mol. The van der Waals surface area contributed by atoms with Gasteiger partial charge in [-0.3, -0.25) is 9.59 Å². The molecule has 3 heterocycles. The number of nitrogens with zero attached hydrogens (tertiary/aromatic N) is 4. The van der Waals surface area contributed by atoms with E-state index in [-0.39, 0.29) is 11.9 Å². The summed E-state index contributed by atoms with van der Waals surface area (Å²) in [7, 11) is 3.41. The molecule has 8 heteroatoms. The highest BCUT2D eigenvalue weighted by Crippen LogP contribution is 2.31. The zero-order valence-electron chi connectivity index (χ0n) is 17.2. The van der Waals surface area contributed by atoms with Crippen LogP contribution in [-0.4, -0.2) is 56.3 Å². The lowest BCUT2D eigenvalue weighted by atomic mass is 9.92. The molecule has 1 aliphatic heterocycles. The fourth-order valence-corrected chi connectivity index (χ4v) is 4.14. The molecule has 1 fully saturated rings. The number of piperidine rings is 1. The second-order valence-electron chi connectivity index (χ2n) is 7.64. The van der Waals surface area contributed by atoms with Gasteiger partial charge >= 0.3 is 5.97 Å². The molecule has 0 aromatic carbocycles. The van der Waals surface area contributed by atoms with Crippen molar-refractivity contribution in [2.75, 3.05) is 13.7 Å². The third-order valence-electron chi connectivity index (χ3n) is 5.86. The fraction of sp³-hybridized carbons (Fsp3) is 0.600. The normalized spacial score (nSPS) is 19.8. The first-order chi connectivity index (χ1) is 13.2. The van der Waals surface area contributed by atoms with E-state index in [4.69, 9.17) is 4.74 Å². The maximum Gasteiger partial charge on any atom is 0.308 e. The maximum atomic E-state index is 12.8. The maximum absolute atomic E-state index is 12.8. The summed E-state index contributed by atoms with van der Waals surface area (Å²) in [6.07, 6.45) is 2.23. The van der Waals surface area contributed by atoms with Crippen LogP contribution in [0.5, 0.6) is 5.88 Å². The van der Waals surface area contributed by atoms with Gasteiger partial charge in [0.2, 0.25) is 11.8 Å². The molecule has 1 N–H and O–H groups in total. The van der Waals surface area contributed by atoms with Crippen molar-refractivity contribution in [1.82, 2.24) is 19.7 Å². The average molecular weight is 388 g/mol. The Morgan fingerprint density at radius 1 is 1.29 bits per heavy atom. The summed E-state index contributed by atoms with van der Waals surface area (Å²) in [6.45, 7) is 6.22. The topological polar surface area (TPSA) is 97.5 Å². The van der Waals surface area contributed by atoms with Gasteiger partial charge in [-0.25, -0.2) is 9.67 Å². The Morgan fingerprint density at radius 2 is 2.00 bits per heavy atom. The number of hydrogen-bond donors (Lipinski definition) is 1. The van der Waals surface area contributed by atoms with Crippen molar-refractivity contribution in [3.63, 3.8) is 0 Å². The van der Waals surface area contributed by atoms with E-state index in [1.807, 2.05) is 27.8 Å². The predicted molar refractivity (Wildman–Crippen MR) is 104 cm³/mol. The van der Waals surface area contributed by atoms with E-state index in [1.165, 1.54) is 0 Å². The molecule has 2 atom stereocenters. The number of hydrogen-bond acceptors (Lipinski definition) is 5. The summed E-state index contributed by atoms with van der Waals surface area (Å²) in [6, 6.07) is 0.0734. The van der Waals surface area contributed by atoms with Crippen molar-refractivity contribution >= 4 is 22.9 Å². The van der Waals surface area contributed by atoms with Gasteiger partial charge in [-0.1, -0.05) is 0 Å². The van der Waals surface area contributed by atoms with Gasteiger partial charge in [-0.15, -0.1) is 5.10 Å². The van der Waals surface area contributed by atoms with Crippen molar-refractivity contribution < 1.29 is 19.4 Å². The number of pyridine rings is 1. The van der Waals surface area contributed by atoms with Crippen LogP contribution in [0.15, 0.2) is 0 Å². The molecule has 3 rings (SSSR count). The Labute approximate surface area is 164 Å². The summed E-state index contributed by atoms with van der Waals surface area (Å²) in [5.74, 6) is -0.768. The summed E-state index contributed by atoms with van der Waals surface area (Å²) >= 11 is 0. The first kappa shape index (κ1) is 20.1. The van der Waals surface area contributed by atoms with Crippen LogP contribution < -0.4 is 4.74 Å². The molecule has 152 valence electrons. The lowest BCUT2D eigenvalue weighted by Crippen LogP contribution is -2.47. The molecule has 28 heavy (non-hydrogen) atoms. The van der Waals surface area contributed by atoms with Gasteiger partial charge in [-0.05, 0) is 51.2 Å². The Morgan fingerprint density at radius 3 is 2.64 bits per heavy atom. The van der Waals surface area contributed by atoms with Gasteiger partial charge in [0.05, 0.1) is 18.4 Å². The standard InChI is InChI=1S/C20H28N4O4/c1-11-6-7-14(20(26)27)10-24(11)16(25)9-8-15-12(2)17-18(21-13(15)3)23(4)22-19(17)28-5/h11,14H,6-10H2,1-5H3,(H,26,27). The van der Waals surface area contributed by atoms with E-state index in [2.05, 4.69) is 10.1 Å². The minimum absolute atomic E-state index is 0.00417. The molecule has 0 aliphatic carbocycles. The summed E-state index contributed by atoms with van der Waals surface area (Å²) in [5, 5.41) is 14.5. The highest BCUT2D eigenvalue weighted by atomic mass is 16.5. The number of carbonyl (C=O) groups is 2. The number of aryl methyl sites for hydroxylation is 3. The number of likely N-dealkylation sites (tertiary alicyclic amines) is 1. The zero-order chi connectivity index (χ0) is 20.6. The molecule has 2 unspecified atom stereocenters. The third kappa shape index (κ3) is 3.55. The van der Waals surface area contributed by atoms with Crippen LogP contribution in [0.2, 0.25) is 0 Å². The van der Waals surface area contributed by atoms with Crippen molar-refractivity contribution in [2.24, 2.45) is 13.0 Å². The van der Waals surface area contributed by atoms with Crippen LogP contribution in [0.4, 0.5) is 0 Å². The lowest BCUT2D eigenvalue weighted by molar-refractivity contribution is -0.147. The smallest absolute Gasteiger partial charge is 0.308 e. The van der Waals surface area contributed by atoms with E-state index in [9.17, 15) is 14.7 Å². The van der Waals surface area contributed by atoms with E-state index >= 15 is 0 Å². The minimum Gasteiger partial charge on any atom is -0.481 e. The number of rotatable bonds is 5. The fourth-order valence-electron chi connectivity index (χ4n) is 4.14. The number of fused-ring (bicyclic) bond motifs is 1. The molecule has 0 saturated carbocycles. The number of amides is 1. The SMILES string of the molecule is COc1nn(C)c2nc(C)c(CCC(=O)N3CC(C(=O)O)CCC3C)c(C)c12. The molecule has 0 spiro atoms. The summed E-state index contributed by atoms with van der Waals surface area (Å²) in [4.78, 5) is 30.5. The predicted octanol–water partition coefficient (Wildman–Crippen LogP) is 2.24. The van der Waals surface area contributed by atoms with Crippen LogP contribution in [0, 0.1) is 19.8 Å². The van der Waals surface area contributed by atoms with Crippen molar-refractivity contribution in [3.8, 4) is 5.88 Å². The third-order valence-corrected chi connectivity index (χ3v) is 5.86. The molecule has 1 aliphatic rings. The van der Waals surface area contributed by atoms with Crippen LogP contribution >= 0.6 is 0 Å². The van der Waals surface area contributed by atoms with Crippen LogP contribution in [0.1, 0.15) is 43.0 Å². The number of carboxylic acids is 1. The first-order valence-corrected chi connectivity index (χ1v) is 9.63. The average Bonchev–Trinajstić information content (AvgIpc) is 2.97. The Hall–Kier alpha value is -2.64. The zero-order valence-corrected chi connectivity index (χ0v) is 17.2. The molecule has 1 saturated heterocycles. The van der Waals surface area contributed by atoms with Crippen LogP contribution in [-0.2, 0) is 23.1 Å². The number of carboxylic acid groups (broad SMARTS) is 1. The molecule has 2 aromatic rings. The van der Waals surface area contributed by atoms with E-state index in [0.29, 0.717) is 31.7 Å². The largest absolute Gasteiger partial charge is 0.481 e. The van der Waals surface area contributed by atoms with E-state index in [1.54, 1.807) is 16.7 Å². The summed E-state index contributed by atoms with van der Waals surface area (Å²) in [5.41, 5.74) is 3.68. The van der Waals surface area contributed by atoms with Crippen molar-refractivity contribution in [3.05, 3.63) is 16.8 Å². The van der Waals surface area contributed by atoms with E-state index < -0.39 is 11.9 Å². The van der Waals surface area contributed by atoms with Gasteiger partial charge in [-0.2, -0.15) is 0 Å². The second-order valence-corrected chi connectivity index (χ2v) is 7.64. The Balaban J connectivity index is 1.81. The summed E-state index contributed by atoms with van der Waals surface area (Å²) < 4.78 is 7.09. The first-order valence-electron chi connectivity index (χ1n) is 9.63. The monoisotopic (exact) mass is 388 g/mol. The number of aliphatic carboxylic acids is 1. The van der Waals surface area contributed by atoms with Gasteiger partial charge in [0.1, 0.15) is 0 Å². The van der Waals surface area contributed by atoms with Crippen LogP contribution in [0.3, 0.4) is 0 Å². The van der Waals surface area contributed by atoms with Gasteiger partial charge in [0.25, 0.3) is 0 Å². The number of methoxy groups -OCH3 is 1. The van der Waals surface area contributed by atoms with E-state index in [0.717, 1.165) is 34.3 Å².